The predicted octanol–water partition coefficient (Wildman–Crippen LogP) is 2.28. The summed E-state index contributed by atoms with van der Waals surface area (Å²) in [6.45, 7) is 6.42. The van der Waals surface area contributed by atoms with E-state index < -0.39 is 0 Å². The number of hydrogen-bond acceptors (Lipinski definition) is 2. The van der Waals surface area contributed by atoms with Crippen LogP contribution in [0.25, 0.3) is 0 Å². The van der Waals surface area contributed by atoms with E-state index >= 15 is 0 Å². The van der Waals surface area contributed by atoms with Gasteiger partial charge < -0.3 is 10.5 Å². The molecule has 0 radical (unpaired) electrons. The summed E-state index contributed by atoms with van der Waals surface area (Å²) in [6.07, 6.45) is 0. The van der Waals surface area contributed by atoms with E-state index in [0.717, 1.165) is 16.9 Å². The minimum atomic E-state index is 0.306. The van der Waals surface area contributed by atoms with E-state index in [9.17, 15) is 0 Å². The summed E-state index contributed by atoms with van der Waals surface area (Å²) in [6, 6.07) is 4.12. The van der Waals surface area contributed by atoms with E-state index in [1.807, 2.05) is 19.9 Å². The van der Waals surface area contributed by atoms with Gasteiger partial charge in [0.2, 0.25) is 0 Å². The number of thiocarbonyl (C=S) groups is 1. The first kappa shape index (κ1) is 11.0. The number of aryl methyl sites for hydroxylation is 2. The second kappa shape index (κ2) is 4.42. The van der Waals surface area contributed by atoms with Crippen LogP contribution in [0.15, 0.2) is 12.1 Å². The molecule has 0 unspecified atom stereocenters. The highest BCUT2D eigenvalue weighted by Gasteiger charge is 2.06. The van der Waals surface area contributed by atoms with E-state index in [1.165, 1.54) is 5.56 Å². The lowest BCUT2D eigenvalue weighted by molar-refractivity contribution is 0.372. The molecule has 0 saturated carbocycles. The van der Waals surface area contributed by atoms with Crippen LogP contribution in [0.2, 0.25) is 0 Å². The van der Waals surface area contributed by atoms with Crippen LogP contribution in [-0.2, 0) is 0 Å². The maximum absolute atomic E-state index is 5.54. The fourth-order valence-corrected chi connectivity index (χ4v) is 1.35. The molecular weight excluding hydrogens is 194 g/mol. The standard InChI is InChI=1S/C11H15NOS/c1-7-4-5-8(2)11(9(7)3)13-6-10(12)14/h4-5H,6H2,1-3H3,(H2,12,14). The Balaban J connectivity index is 2.95. The van der Waals surface area contributed by atoms with Crippen molar-refractivity contribution in [1.29, 1.82) is 0 Å². The van der Waals surface area contributed by atoms with Crippen LogP contribution in [0, 0.1) is 20.8 Å². The number of rotatable bonds is 3. The van der Waals surface area contributed by atoms with Gasteiger partial charge in [0.05, 0.1) is 0 Å². The predicted molar refractivity (Wildman–Crippen MR) is 62.9 cm³/mol. The highest BCUT2D eigenvalue weighted by molar-refractivity contribution is 7.80. The van der Waals surface area contributed by atoms with Gasteiger partial charge in [0.1, 0.15) is 17.3 Å². The average Bonchev–Trinajstić information content (AvgIpc) is 2.11. The summed E-state index contributed by atoms with van der Waals surface area (Å²) in [5, 5.41) is 0. The minimum Gasteiger partial charge on any atom is -0.486 e. The Morgan fingerprint density at radius 3 is 2.43 bits per heavy atom. The maximum Gasteiger partial charge on any atom is 0.138 e. The van der Waals surface area contributed by atoms with Gasteiger partial charge in [0.25, 0.3) is 0 Å². The lowest BCUT2D eigenvalue weighted by atomic mass is 10.1. The summed E-state index contributed by atoms with van der Waals surface area (Å²) in [5.41, 5.74) is 8.87. The van der Waals surface area contributed by atoms with Gasteiger partial charge in [-0.15, -0.1) is 0 Å². The molecule has 0 amide bonds. The zero-order valence-electron chi connectivity index (χ0n) is 8.76. The Labute approximate surface area is 90.1 Å². The molecule has 2 N–H and O–H groups in total. The van der Waals surface area contributed by atoms with Crippen molar-refractivity contribution in [2.75, 3.05) is 6.61 Å². The van der Waals surface area contributed by atoms with Crippen molar-refractivity contribution < 1.29 is 4.74 Å². The molecule has 0 fully saturated rings. The van der Waals surface area contributed by atoms with Gasteiger partial charge in [-0.25, -0.2) is 0 Å². The Morgan fingerprint density at radius 2 is 1.86 bits per heavy atom. The molecule has 1 rings (SSSR count). The smallest absolute Gasteiger partial charge is 0.138 e. The van der Waals surface area contributed by atoms with Crippen molar-refractivity contribution in [1.82, 2.24) is 0 Å². The van der Waals surface area contributed by atoms with Gasteiger partial charge in [0.15, 0.2) is 0 Å². The van der Waals surface area contributed by atoms with E-state index in [1.54, 1.807) is 0 Å². The molecule has 76 valence electrons. The van der Waals surface area contributed by atoms with Crippen LogP contribution in [-0.4, -0.2) is 11.6 Å². The normalized spacial score (nSPS) is 9.93. The molecule has 0 atom stereocenters. The van der Waals surface area contributed by atoms with Gasteiger partial charge in [-0.2, -0.15) is 0 Å². The first-order valence-electron chi connectivity index (χ1n) is 4.50. The minimum absolute atomic E-state index is 0.306. The molecule has 1 aromatic carbocycles. The Kier molecular flexibility index (Phi) is 3.47. The van der Waals surface area contributed by atoms with E-state index in [-0.39, 0.29) is 0 Å². The molecule has 0 aliphatic rings. The first-order valence-corrected chi connectivity index (χ1v) is 4.91. The van der Waals surface area contributed by atoms with Gasteiger partial charge >= 0.3 is 0 Å². The molecule has 0 spiro atoms. The summed E-state index contributed by atoms with van der Waals surface area (Å²) in [7, 11) is 0. The highest BCUT2D eigenvalue weighted by Crippen LogP contribution is 2.25. The molecule has 0 heterocycles. The summed E-state index contributed by atoms with van der Waals surface area (Å²) >= 11 is 4.77. The fourth-order valence-electron chi connectivity index (χ4n) is 1.29. The van der Waals surface area contributed by atoms with Gasteiger partial charge in [-0.05, 0) is 37.5 Å². The van der Waals surface area contributed by atoms with Crippen LogP contribution in [0.5, 0.6) is 5.75 Å². The van der Waals surface area contributed by atoms with Crippen LogP contribution in [0.4, 0.5) is 0 Å². The molecule has 2 nitrogen and oxygen atoms in total. The molecule has 0 aliphatic heterocycles. The first-order chi connectivity index (χ1) is 6.52. The largest absolute Gasteiger partial charge is 0.486 e. The van der Waals surface area contributed by atoms with E-state index in [4.69, 9.17) is 22.7 Å². The second-order valence-electron chi connectivity index (χ2n) is 3.41. The van der Waals surface area contributed by atoms with Crippen LogP contribution < -0.4 is 10.5 Å². The molecule has 1 aromatic rings. The third kappa shape index (κ3) is 2.45. The number of ether oxygens (including phenoxy) is 1. The van der Waals surface area contributed by atoms with E-state index in [2.05, 4.69) is 13.0 Å². The fraction of sp³-hybridized carbons (Fsp3) is 0.364. The Hall–Kier alpha value is -1.09. The summed E-state index contributed by atoms with van der Waals surface area (Å²) in [4.78, 5) is 0.380. The molecular formula is C11H15NOS. The number of hydrogen-bond donors (Lipinski definition) is 1. The maximum atomic E-state index is 5.54. The third-order valence-corrected chi connectivity index (χ3v) is 2.35. The van der Waals surface area contributed by atoms with Crippen molar-refractivity contribution in [3.63, 3.8) is 0 Å². The van der Waals surface area contributed by atoms with Crippen LogP contribution in [0.1, 0.15) is 16.7 Å². The summed E-state index contributed by atoms with van der Waals surface area (Å²) < 4.78 is 5.54. The van der Waals surface area contributed by atoms with Gasteiger partial charge in [-0.3, -0.25) is 0 Å². The van der Waals surface area contributed by atoms with Gasteiger partial charge in [0, 0.05) is 0 Å². The van der Waals surface area contributed by atoms with Gasteiger partial charge in [-0.1, -0.05) is 24.4 Å². The van der Waals surface area contributed by atoms with Crippen LogP contribution >= 0.6 is 12.2 Å². The topological polar surface area (TPSA) is 35.2 Å². The highest BCUT2D eigenvalue weighted by atomic mass is 32.1. The average molecular weight is 209 g/mol. The van der Waals surface area contributed by atoms with E-state index in [0.29, 0.717) is 11.6 Å². The molecule has 14 heavy (non-hydrogen) atoms. The lowest BCUT2D eigenvalue weighted by Gasteiger charge is -2.13. The monoisotopic (exact) mass is 209 g/mol. The third-order valence-electron chi connectivity index (χ3n) is 2.23. The Morgan fingerprint density at radius 1 is 1.29 bits per heavy atom. The molecule has 0 aromatic heterocycles. The van der Waals surface area contributed by atoms with Crippen molar-refractivity contribution in [2.24, 2.45) is 5.73 Å². The van der Waals surface area contributed by atoms with Crippen molar-refractivity contribution in [3.05, 3.63) is 28.8 Å². The number of nitrogens with two attached hydrogens (primary N) is 1. The Bertz CT molecular complexity index is 361. The van der Waals surface area contributed by atoms with Crippen molar-refractivity contribution in [3.8, 4) is 5.75 Å². The quantitative estimate of drug-likeness (QED) is 0.776. The molecule has 0 bridgehead atoms. The zero-order valence-corrected chi connectivity index (χ0v) is 9.57. The zero-order chi connectivity index (χ0) is 10.7. The summed E-state index contributed by atoms with van der Waals surface area (Å²) in [5.74, 6) is 0.901. The molecule has 3 heteroatoms. The van der Waals surface area contributed by atoms with Crippen molar-refractivity contribution >= 4 is 17.2 Å². The van der Waals surface area contributed by atoms with Crippen LogP contribution in [0.3, 0.4) is 0 Å². The van der Waals surface area contributed by atoms with Crippen molar-refractivity contribution in [2.45, 2.75) is 20.8 Å². The molecule has 0 aliphatic carbocycles. The lowest BCUT2D eigenvalue weighted by Crippen LogP contribution is -2.18. The number of benzene rings is 1. The second-order valence-corrected chi connectivity index (χ2v) is 3.93. The molecule has 0 saturated heterocycles. The SMILES string of the molecule is Cc1ccc(C)c(OCC(N)=S)c1C.